The minimum Gasteiger partial charge on any atom is -0.456 e. The number of hydrogen-bond donors (Lipinski definition) is 0. The summed E-state index contributed by atoms with van der Waals surface area (Å²) in [6.45, 7) is 14.1. The van der Waals surface area contributed by atoms with Crippen molar-refractivity contribution >= 4 is 137 Å². The lowest BCUT2D eigenvalue weighted by Gasteiger charge is -2.27. The fraction of sp³-hybridized carbons (Fsp3) is 0.0286. The Morgan fingerprint density at radius 1 is 0.346 bits per heavy atom. The van der Waals surface area contributed by atoms with Crippen molar-refractivity contribution in [2.75, 3.05) is 0 Å². The molecule has 0 saturated heterocycles. The lowest BCUT2D eigenvalue weighted by Crippen LogP contribution is -2.14. The molecule has 11 aromatic carbocycles. The van der Waals surface area contributed by atoms with Gasteiger partial charge in [-0.25, -0.2) is 4.85 Å². The van der Waals surface area contributed by atoms with Gasteiger partial charge in [-0.05, 0) is 98.8 Å². The molecule has 0 bridgehead atoms. The molecule has 6 heterocycles. The molecule has 0 aliphatic heterocycles. The SMILES string of the molecule is [C-]#[N+]c1c(-n2c3ccccc3c3ccccc32)c(C#N)c(-n2c3ccc(C)cc3c3c4c(ccc32)oc2ccccc24)c(-n2c3ccccc3c3ccccc32)c1-n1c2ccc(C)cc2c2c3c(ccc21)oc1ccccc13. The van der Waals surface area contributed by atoms with Crippen molar-refractivity contribution in [1.29, 1.82) is 5.26 Å². The summed E-state index contributed by atoms with van der Waals surface area (Å²) in [6, 6.07) is 74.8. The van der Waals surface area contributed by atoms with E-state index in [0.29, 0.717) is 34.0 Å². The zero-order valence-electron chi connectivity index (χ0n) is 42.1. The Balaban J connectivity index is 1.21. The Labute approximate surface area is 444 Å². The van der Waals surface area contributed by atoms with Gasteiger partial charge in [-0.15, -0.1) is 0 Å². The number of furan rings is 2. The van der Waals surface area contributed by atoms with E-state index in [1.807, 2.05) is 36.4 Å². The van der Waals surface area contributed by atoms with Crippen molar-refractivity contribution in [3.8, 4) is 28.8 Å². The van der Waals surface area contributed by atoms with Crippen molar-refractivity contribution in [1.82, 2.24) is 18.3 Å². The average molecular weight is 997 g/mol. The highest BCUT2D eigenvalue weighted by molar-refractivity contribution is 6.30. The second kappa shape index (κ2) is 15.4. The summed E-state index contributed by atoms with van der Waals surface area (Å²) in [5, 5.41) is 24.9. The van der Waals surface area contributed by atoms with Gasteiger partial charge in [-0.2, -0.15) is 5.26 Å². The van der Waals surface area contributed by atoms with Crippen LogP contribution < -0.4 is 0 Å². The topological polar surface area (TPSA) is 74.2 Å². The number of rotatable bonds is 4. The zero-order chi connectivity index (χ0) is 51.7. The molecule has 0 fully saturated rings. The Morgan fingerprint density at radius 3 is 1.14 bits per heavy atom. The summed E-state index contributed by atoms with van der Waals surface area (Å²) in [5.74, 6) is 0. The number of fused-ring (bicyclic) bond motifs is 20. The molecule has 8 nitrogen and oxygen atoms in total. The first-order chi connectivity index (χ1) is 38.5. The van der Waals surface area contributed by atoms with Gasteiger partial charge in [-0.3, -0.25) is 0 Å². The van der Waals surface area contributed by atoms with E-state index in [1.165, 1.54) is 0 Å². The highest BCUT2D eigenvalue weighted by Crippen LogP contribution is 2.53. The molecule has 0 N–H and O–H groups in total. The Kier molecular flexibility index (Phi) is 8.40. The summed E-state index contributed by atoms with van der Waals surface area (Å²) in [6.07, 6.45) is 0. The van der Waals surface area contributed by atoms with Gasteiger partial charge < -0.3 is 27.1 Å². The molecule has 17 rings (SSSR count). The molecule has 17 aromatic rings. The number of aromatic nitrogens is 4. The van der Waals surface area contributed by atoms with E-state index >= 15 is 0 Å². The lowest BCUT2D eigenvalue weighted by molar-refractivity contribution is 0.669. The highest BCUT2D eigenvalue weighted by atomic mass is 16.3. The number of para-hydroxylation sites is 6. The quantitative estimate of drug-likeness (QED) is 0.165. The van der Waals surface area contributed by atoms with Gasteiger partial charge in [-0.1, -0.05) is 132 Å². The smallest absolute Gasteiger partial charge is 0.237 e. The van der Waals surface area contributed by atoms with Crippen LogP contribution in [-0.4, -0.2) is 18.3 Å². The molecular formula is C70H40N6O2. The van der Waals surface area contributed by atoms with Gasteiger partial charge in [0.2, 0.25) is 5.69 Å². The number of benzene rings is 11. The summed E-state index contributed by atoms with van der Waals surface area (Å²) >= 11 is 0. The molecule has 0 spiro atoms. The van der Waals surface area contributed by atoms with Crippen molar-refractivity contribution in [2.45, 2.75) is 13.8 Å². The molecule has 0 radical (unpaired) electrons. The molecule has 78 heavy (non-hydrogen) atoms. The molecule has 0 aliphatic rings. The van der Waals surface area contributed by atoms with E-state index in [9.17, 15) is 11.8 Å². The Hall–Kier alpha value is -10.8. The third-order valence-corrected chi connectivity index (χ3v) is 16.5. The van der Waals surface area contributed by atoms with Crippen molar-refractivity contribution in [3.05, 3.63) is 234 Å². The first-order valence-electron chi connectivity index (χ1n) is 26.2. The molecule has 0 atom stereocenters. The fourth-order valence-corrected chi connectivity index (χ4v) is 13.4. The van der Waals surface area contributed by atoms with Gasteiger partial charge in [0.1, 0.15) is 28.4 Å². The predicted molar refractivity (Wildman–Crippen MR) is 319 cm³/mol. The molecule has 0 unspecified atom stereocenters. The fourth-order valence-electron chi connectivity index (χ4n) is 13.4. The van der Waals surface area contributed by atoms with Crippen LogP contribution in [-0.2, 0) is 0 Å². The predicted octanol–water partition coefficient (Wildman–Crippen LogP) is 18.9. The molecule has 6 aromatic heterocycles. The molecule has 0 aliphatic carbocycles. The normalized spacial score (nSPS) is 12.2. The van der Waals surface area contributed by atoms with Gasteiger partial charge in [0.05, 0.1) is 79.0 Å². The van der Waals surface area contributed by atoms with Crippen LogP contribution in [0.3, 0.4) is 0 Å². The number of nitriles is 1. The van der Waals surface area contributed by atoms with E-state index in [2.05, 4.69) is 208 Å². The summed E-state index contributed by atoms with van der Waals surface area (Å²) < 4.78 is 22.5. The highest BCUT2D eigenvalue weighted by Gasteiger charge is 2.35. The third kappa shape index (κ3) is 5.39. The second-order valence-corrected chi connectivity index (χ2v) is 20.7. The van der Waals surface area contributed by atoms with Gasteiger partial charge in [0.15, 0.2) is 0 Å². The van der Waals surface area contributed by atoms with Gasteiger partial charge in [0.25, 0.3) is 0 Å². The maximum Gasteiger partial charge on any atom is 0.237 e. The largest absolute Gasteiger partial charge is 0.456 e. The first kappa shape index (κ1) is 42.5. The van der Waals surface area contributed by atoms with E-state index in [4.69, 9.17) is 13.7 Å². The first-order valence-corrected chi connectivity index (χ1v) is 26.2. The van der Waals surface area contributed by atoms with Crippen LogP contribution in [0.15, 0.2) is 215 Å². The second-order valence-electron chi connectivity index (χ2n) is 20.7. The summed E-state index contributed by atoms with van der Waals surface area (Å²) in [4.78, 5) is 4.80. The molecular weight excluding hydrogens is 957 g/mol. The standard InChI is InChI=1S/C70H40N6O2/c1-39-28-30-54-47(36-39)62-56(32-34-60-64(62)45-20-8-14-26-58(45)77-60)75(54)68-49(38-71)67(73-50-22-10-4-16-41(50)42-17-5-11-23-51(42)73)66(72-3)69(70(68)74-52-24-12-6-18-43(52)44-19-7-13-25-53(44)74)76-55-31-29-40(2)37-48(55)63-57(76)33-35-61-65(63)46-21-9-15-27-59(46)78-61/h4-37H,1-2H3. The van der Waals surface area contributed by atoms with Crippen LogP contribution in [0.25, 0.3) is 159 Å². The Morgan fingerprint density at radius 2 is 0.705 bits per heavy atom. The van der Waals surface area contributed by atoms with E-state index in [0.717, 1.165) is 142 Å². The van der Waals surface area contributed by atoms with Crippen LogP contribution in [0.5, 0.6) is 0 Å². The Bertz CT molecular complexity index is 5300. The van der Waals surface area contributed by atoms with E-state index < -0.39 is 0 Å². The number of hydrogen-bond acceptors (Lipinski definition) is 3. The van der Waals surface area contributed by atoms with Crippen molar-refractivity contribution in [3.63, 3.8) is 0 Å². The molecule has 0 amide bonds. The lowest BCUT2D eigenvalue weighted by atomic mass is 10.0. The van der Waals surface area contributed by atoms with E-state index in [-0.39, 0.29) is 0 Å². The molecule has 362 valence electrons. The van der Waals surface area contributed by atoms with Crippen LogP contribution in [0.1, 0.15) is 16.7 Å². The van der Waals surface area contributed by atoms with Crippen molar-refractivity contribution < 1.29 is 8.83 Å². The van der Waals surface area contributed by atoms with Crippen LogP contribution >= 0.6 is 0 Å². The van der Waals surface area contributed by atoms with Gasteiger partial charge in [0, 0.05) is 64.6 Å². The molecule has 0 saturated carbocycles. The van der Waals surface area contributed by atoms with Gasteiger partial charge >= 0.3 is 0 Å². The minimum absolute atomic E-state index is 0.329. The summed E-state index contributed by atoms with van der Waals surface area (Å²) in [7, 11) is 0. The van der Waals surface area contributed by atoms with Crippen molar-refractivity contribution in [2.24, 2.45) is 0 Å². The maximum absolute atomic E-state index is 12.6. The number of nitrogens with zero attached hydrogens (tertiary/aromatic N) is 6. The van der Waals surface area contributed by atoms with Crippen LogP contribution in [0, 0.1) is 31.8 Å². The van der Waals surface area contributed by atoms with Crippen LogP contribution in [0.2, 0.25) is 0 Å². The van der Waals surface area contributed by atoms with Crippen LogP contribution in [0.4, 0.5) is 5.69 Å². The maximum atomic E-state index is 12.6. The van der Waals surface area contributed by atoms with E-state index in [1.54, 1.807) is 0 Å². The minimum atomic E-state index is 0.329. The average Bonchev–Trinajstić information content (AvgIpc) is 4.37. The zero-order valence-corrected chi connectivity index (χ0v) is 42.1. The molecule has 8 heteroatoms. The third-order valence-electron chi connectivity index (χ3n) is 16.5. The monoisotopic (exact) mass is 996 g/mol. The summed E-state index contributed by atoms with van der Waals surface area (Å²) in [5.41, 5.74) is 15.7. The number of aryl methyl sites for hydroxylation is 2.